The van der Waals surface area contributed by atoms with Gasteiger partial charge in [-0.1, -0.05) is 49.3 Å². The normalized spacial score (nSPS) is 24.1. The van der Waals surface area contributed by atoms with Crippen molar-refractivity contribution in [3.8, 4) is 11.4 Å². The van der Waals surface area contributed by atoms with Crippen LogP contribution in [-0.2, 0) is 28.3 Å². The Morgan fingerprint density at radius 3 is 2.55 bits per heavy atom. The van der Waals surface area contributed by atoms with Gasteiger partial charge in [-0.2, -0.15) is 4.98 Å². The molecule has 220 valence electrons. The zero-order chi connectivity index (χ0) is 29.6. The van der Waals surface area contributed by atoms with Gasteiger partial charge in [0.1, 0.15) is 17.5 Å². The molecule has 3 aliphatic heterocycles. The number of likely N-dealkylation sites (tertiary alicyclic amines) is 1. The molecule has 3 amide bonds. The van der Waals surface area contributed by atoms with E-state index in [2.05, 4.69) is 20.4 Å². The minimum absolute atomic E-state index is 0.0760. The second kappa shape index (κ2) is 10.7. The molecule has 2 atom stereocenters. The maximum Gasteiger partial charge on any atom is 0.255 e. The lowest BCUT2D eigenvalue weighted by Gasteiger charge is -2.54. The fraction of sp³-hybridized carbons (Fsp3) is 0.452. The minimum Gasteiger partial charge on any atom is -0.384 e. The second-order valence-electron chi connectivity index (χ2n) is 11.6. The Balaban J connectivity index is 1.24. The van der Waals surface area contributed by atoms with Crippen LogP contribution in [0.2, 0.25) is 0 Å². The summed E-state index contributed by atoms with van der Waals surface area (Å²) in [6.45, 7) is 5.78. The summed E-state index contributed by atoms with van der Waals surface area (Å²) in [5.74, 6) is -1.42. The summed E-state index contributed by atoms with van der Waals surface area (Å²) in [5.41, 5.74) is 0.484. The number of amides is 3. The maximum absolute atomic E-state index is 16.4. The average molecular weight is 576 g/mol. The Kier molecular flexibility index (Phi) is 7.18. The third-order valence-corrected chi connectivity index (χ3v) is 9.62. The third-order valence-electron chi connectivity index (χ3n) is 9.62. The van der Waals surface area contributed by atoms with Crippen molar-refractivity contribution >= 4 is 17.7 Å². The van der Waals surface area contributed by atoms with E-state index in [9.17, 15) is 19.5 Å². The van der Waals surface area contributed by atoms with Gasteiger partial charge in [-0.05, 0) is 37.3 Å². The molecule has 6 rings (SSSR count). The number of hydrogen-bond acceptors (Lipinski definition) is 8. The second-order valence-corrected chi connectivity index (χ2v) is 11.6. The summed E-state index contributed by atoms with van der Waals surface area (Å²) in [5, 5.41) is 18.5. The van der Waals surface area contributed by atoms with Crippen molar-refractivity contribution in [1.82, 2.24) is 25.3 Å². The van der Waals surface area contributed by atoms with E-state index in [1.807, 2.05) is 38.1 Å². The van der Waals surface area contributed by atoms with Gasteiger partial charge in [-0.25, -0.2) is 4.39 Å². The predicted octanol–water partition coefficient (Wildman–Crippen LogP) is 3.54. The lowest BCUT2D eigenvalue weighted by molar-refractivity contribution is -0.150. The van der Waals surface area contributed by atoms with Gasteiger partial charge < -0.3 is 14.5 Å². The van der Waals surface area contributed by atoms with Crippen molar-refractivity contribution in [3.05, 3.63) is 70.9 Å². The molecule has 3 aliphatic rings. The van der Waals surface area contributed by atoms with Crippen LogP contribution >= 0.6 is 0 Å². The molecule has 0 aliphatic carbocycles. The maximum atomic E-state index is 16.4. The molecule has 2 N–H and O–H groups in total. The fourth-order valence-corrected chi connectivity index (χ4v) is 7.08. The molecule has 0 saturated carbocycles. The first-order valence-corrected chi connectivity index (χ1v) is 14.5. The van der Waals surface area contributed by atoms with Crippen LogP contribution in [0.4, 0.5) is 4.39 Å². The Morgan fingerprint density at radius 2 is 1.88 bits per heavy atom. The molecule has 1 aromatic heterocycles. The summed E-state index contributed by atoms with van der Waals surface area (Å²) in [6, 6.07) is 10.2. The van der Waals surface area contributed by atoms with Gasteiger partial charge in [0.05, 0.1) is 6.54 Å². The average Bonchev–Trinajstić information content (AvgIpc) is 3.64. The van der Waals surface area contributed by atoms with Crippen molar-refractivity contribution < 1.29 is 28.4 Å². The van der Waals surface area contributed by atoms with Gasteiger partial charge in [0.15, 0.2) is 0 Å². The standard InChI is InChI=1S/C31H34FN5O5/c1-3-30(4-2)17-36(15-19-5-7-20(8-6-19)27-33-18-42-35-27)14-13-31(30,41)23-10-9-21-22(26(23)32)16-37(29(21)40)24-11-12-25(38)34-28(24)39/h5-10,18,24,41H,3-4,11-17H2,1-2H3,(H,34,38,39)/t24-,31-/m0/s1. The van der Waals surface area contributed by atoms with Crippen molar-refractivity contribution in [1.29, 1.82) is 0 Å². The largest absolute Gasteiger partial charge is 0.384 e. The van der Waals surface area contributed by atoms with E-state index in [0.717, 1.165) is 11.1 Å². The molecular weight excluding hydrogens is 541 g/mol. The molecule has 3 aromatic rings. The molecule has 0 spiro atoms. The van der Waals surface area contributed by atoms with E-state index in [1.165, 1.54) is 11.3 Å². The van der Waals surface area contributed by atoms with Crippen LogP contribution in [0.15, 0.2) is 47.3 Å². The number of rotatable bonds is 7. The quantitative estimate of drug-likeness (QED) is 0.410. The van der Waals surface area contributed by atoms with E-state index < -0.39 is 34.7 Å². The van der Waals surface area contributed by atoms with Gasteiger partial charge in [0.2, 0.25) is 24.0 Å². The zero-order valence-electron chi connectivity index (χ0n) is 23.7. The number of piperidine rings is 2. The van der Waals surface area contributed by atoms with Crippen LogP contribution in [0.1, 0.15) is 73.0 Å². The van der Waals surface area contributed by atoms with E-state index in [0.29, 0.717) is 44.7 Å². The van der Waals surface area contributed by atoms with Crippen molar-refractivity contribution in [3.63, 3.8) is 0 Å². The van der Waals surface area contributed by atoms with E-state index in [-0.39, 0.29) is 42.0 Å². The summed E-state index contributed by atoms with van der Waals surface area (Å²) in [7, 11) is 0. The first-order valence-electron chi connectivity index (χ1n) is 14.5. The molecule has 2 saturated heterocycles. The van der Waals surface area contributed by atoms with Gasteiger partial charge in [-0.15, -0.1) is 0 Å². The van der Waals surface area contributed by atoms with Crippen LogP contribution < -0.4 is 5.32 Å². The number of nitrogens with one attached hydrogen (secondary N) is 1. The van der Waals surface area contributed by atoms with Crippen molar-refractivity contribution in [2.24, 2.45) is 5.41 Å². The lowest BCUT2D eigenvalue weighted by Crippen LogP contribution is -2.57. The number of carbonyl (C=O) groups excluding carboxylic acids is 3. The highest BCUT2D eigenvalue weighted by Gasteiger charge is 2.54. The van der Waals surface area contributed by atoms with Crippen LogP contribution in [0.3, 0.4) is 0 Å². The molecule has 4 heterocycles. The first kappa shape index (κ1) is 28.2. The highest BCUT2D eigenvalue weighted by Crippen LogP contribution is 2.52. The molecule has 42 heavy (non-hydrogen) atoms. The molecule has 0 bridgehead atoms. The number of aliphatic hydroxyl groups is 1. The third kappa shape index (κ3) is 4.51. The molecule has 2 fully saturated rings. The monoisotopic (exact) mass is 575 g/mol. The predicted molar refractivity (Wildman–Crippen MR) is 149 cm³/mol. The molecule has 2 aromatic carbocycles. The lowest BCUT2D eigenvalue weighted by atomic mass is 9.61. The topological polar surface area (TPSA) is 129 Å². The number of aromatic nitrogens is 2. The van der Waals surface area contributed by atoms with Gasteiger partial charge in [-0.3, -0.25) is 24.6 Å². The van der Waals surface area contributed by atoms with E-state index in [4.69, 9.17) is 4.52 Å². The summed E-state index contributed by atoms with van der Waals surface area (Å²) < 4.78 is 21.2. The smallest absolute Gasteiger partial charge is 0.255 e. The van der Waals surface area contributed by atoms with Crippen molar-refractivity contribution in [2.45, 2.75) is 70.7 Å². The number of carbonyl (C=O) groups is 3. The minimum atomic E-state index is -1.44. The first-order chi connectivity index (χ1) is 20.2. The molecule has 0 unspecified atom stereocenters. The van der Waals surface area contributed by atoms with Crippen LogP contribution in [0.5, 0.6) is 0 Å². The Labute approximate surface area is 242 Å². The summed E-state index contributed by atoms with van der Waals surface area (Å²) in [6.07, 6.45) is 3.21. The molecular formula is C31H34FN5O5. The highest BCUT2D eigenvalue weighted by atomic mass is 19.1. The Hall–Kier alpha value is -3.96. The fourth-order valence-electron chi connectivity index (χ4n) is 7.08. The van der Waals surface area contributed by atoms with Crippen LogP contribution in [0, 0.1) is 11.2 Å². The molecule has 11 heteroatoms. The number of benzene rings is 2. The van der Waals surface area contributed by atoms with E-state index >= 15 is 4.39 Å². The van der Waals surface area contributed by atoms with Gasteiger partial charge in [0, 0.05) is 53.7 Å². The molecule has 10 nitrogen and oxygen atoms in total. The van der Waals surface area contributed by atoms with Crippen molar-refractivity contribution in [2.75, 3.05) is 13.1 Å². The van der Waals surface area contributed by atoms with Crippen LogP contribution in [-0.4, -0.2) is 61.9 Å². The highest BCUT2D eigenvalue weighted by molar-refractivity contribution is 6.05. The summed E-state index contributed by atoms with van der Waals surface area (Å²) in [4.78, 5) is 45.0. The van der Waals surface area contributed by atoms with E-state index in [1.54, 1.807) is 12.1 Å². The number of imide groups is 1. The van der Waals surface area contributed by atoms with Gasteiger partial charge in [0.25, 0.3) is 5.91 Å². The van der Waals surface area contributed by atoms with Gasteiger partial charge >= 0.3 is 0 Å². The Morgan fingerprint density at radius 1 is 1.12 bits per heavy atom. The number of nitrogens with zero attached hydrogens (tertiary/aromatic N) is 4. The number of hydrogen-bond donors (Lipinski definition) is 2. The number of fused-ring (bicyclic) bond motifs is 1. The number of halogens is 1. The summed E-state index contributed by atoms with van der Waals surface area (Å²) >= 11 is 0. The SMILES string of the molecule is CCC1(CC)CN(Cc2ccc(-c3ncon3)cc2)CC[C@]1(O)c1ccc2c(c1F)CN([C@H]1CCC(=O)NC1=O)C2=O. The zero-order valence-corrected chi connectivity index (χ0v) is 23.7. The molecule has 0 radical (unpaired) electrons. The Bertz CT molecular complexity index is 1520. The van der Waals surface area contributed by atoms with Crippen LogP contribution in [0.25, 0.3) is 11.4 Å².